The fourth-order valence-corrected chi connectivity index (χ4v) is 57.0. The van der Waals surface area contributed by atoms with Gasteiger partial charge in [-0.05, 0) is 177 Å². The van der Waals surface area contributed by atoms with E-state index in [1.165, 1.54) is 283 Å². The van der Waals surface area contributed by atoms with Crippen molar-refractivity contribution in [3.05, 3.63) is 21.3 Å². The van der Waals surface area contributed by atoms with Gasteiger partial charge in [-0.3, -0.25) is 0 Å². The third kappa shape index (κ3) is 44.5. The second-order valence-corrected chi connectivity index (χ2v) is 82.0. The van der Waals surface area contributed by atoms with Gasteiger partial charge in [-0.1, -0.05) is 311 Å². The molecule has 2 saturated heterocycles. The molecule has 110 heavy (non-hydrogen) atoms. The van der Waals surface area contributed by atoms with E-state index in [0.717, 1.165) is 50.3 Å². The molecule has 0 bridgehead atoms. The SMILES string of the molecule is C1CCOC1.C1CCOC1.C[Si](C)(C)N(C(=NC1CCCCC1)[N-]C1CCCCC1)[Si](C)(C)C.C[Si](C)(C)N(C(=NC1CCCCC1)[N-]C1CCCCC1)[Si](C)(C)C.C[Si](C)(C)N(C(=NC1CCCCC1)[N-]C1CCCCC1)[Si](C)(C)C.C[Si](C)(C)N(C(=NC1CCCCC1)[N-]C1CCCCC1)[Si](C)(C)C.[S-][S-].[Yb+3].[Yb+3]. The Morgan fingerprint density at radius 1 is 0.218 bits per heavy atom. The van der Waals surface area contributed by atoms with Crippen molar-refractivity contribution < 1.29 is 103 Å². The maximum absolute atomic E-state index is 5.31. The topological polar surface area (TPSA) is 137 Å². The van der Waals surface area contributed by atoms with E-state index in [9.17, 15) is 0 Å². The molecule has 0 aromatic rings. The minimum atomic E-state index is -1.48. The van der Waals surface area contributed by atoms with E-state index >= 15 is 0 Å². The number of hydrogen-bond acceptors (Lipinski definition) is 8. The molecule has 656 valence electrons. The molecule has 0 aromatic carbocycles. The van der Waals surface area contributed by atoms with Gasteiger partial charge in [0.25, 0.3) is 0 Å². The van der Waals surface area contributed by atoms with Crippen LogP contribution >= 0.6 is 0 Å². The Morgan fingerprint density at radius 3 is 0.455 bits per heavy atom. The maximum Gasteiger partial charge on any atom is 3.00 e. The summed E-state index contributed by atoms with van der Waals surface area (Å²) in [5, 5.41) is 21.2. The van der Waals surface area contributed by atoms with Gasteiger partial charge in [0.05, 0.1) is 65.9 Å². The monoisotopic (exact) mass is 2020 g/mol. The summed E-state index contributed by atoms with van der Waals surface area (Å²) in [6.45, 7) is 63.3. The minimum absolute atomic E-state index is 0. The molecule has 0 spiro atoms. The Morgan fingerprint density at radius 2 is 0.345 bits per heavy atom. The first kappa shape index (κ1) is 109. The van der Waals surface area contributed by atoms with Crippen molar-refractivity contribution in [3.63, 3.8) is 0 Å². The van der Waals surface area contributed by atoms with E-state index in [0.29, 0.717) is 48.3 Å². The molecule has 10 rings (SSSR count). The average molecular weight is 2020 g/mol. The molecule has 2 heterocycles. The second-order valence-electron chi connectivity index (χ2n) is 41.9. The third-order valence-corrected chi connectivity index (χ3v) is 51.2. The number of hydrogen-bond donors (Lipinski definition) is 0. The maximum atomic E-state index is 5.31. The zero-order valence-corrected chi connectivity index (χ0v) is 89.2. The molecule has 8 saturated carbocycles. The van der Waals surface area contributed by atoms with Crippen molar-refractivity contribution in [2.24, 2.45) is 20.0 Å². The van der Waals surface area contributed by atoms with E-state index < -0.39 is 65.9 Å². The van der Waals surface area contributed by atoms with Crippen molar-refractivity contribution in [2.75, 3.05) is 26.4 Å². The molecule has 0 N–H and O–H groups in total. The fourth-order valence-electron chi connectivity index (χ4n) is 19.0. The van der Waals surface area contributed by atoms with Crippen LogP contribution < -0.4 is 0 Å². The standard InChI is InChI=1S/4C19H40N3Si2.2C4H8O.S2.2Yb/c4*1-23(2,3)22(24(4,5)6)19(20-17-13-9-7-10-14-17)21-18-15-11-8-12-16-18;2*1-2-4-5-3-1;1-2;;/h4*17-18H,7-16H2,1-6H3;2*1-4H2;;;/q4*-1;;;-2;2*+3. The van der Waals surface area contributed by atoms with Crippen LogP contribution in [0.5, 0.6) is 0 Å². The van der Waals surface area contributed by atoms with Crippen molar-refractivity contribution in [3.8, 4) is 0 Å². The predicted octanol–water partition coefficient (Wildman–Crippen LogP) is 27.0. The van der Waals surface area contributed by atoms with Gasteiger partial charge in [0.15, 0.2) is 0 Å². The van der Waals surface area contributed by atoms with Crippen LogP contribution in [0.4, 0.5) is 0 Å². The summed E-state index contributed by atoms with van der Waals surface area (Å²) in [6, 6.07) is 4.19. The average Bonchev–Trinajstić information content (AvgIpc) is 0.821. The number of rotatable bonds is 16. The van der Waals surface area contributed by atoms with Gasteiger partial charge in [-0.25, -0.2) is 0 Å². The van der Waals surface area contributed by atoms with E-state index in [1.54, 1.807) is 0 Å². The molecule has 0 amide bonds. The predicted molar refractivity (Wildman–Crippen MR) is 507 cm³/mol. The number of guanidine groups is 4. The van der Waals surface area contributed by atoms with Crippen LogP contribution in [-0.2, 0) is 32.8 Å². The van der Waals surface area contributed by atoms with Crippen molar-refractivity contribution in [2.45, 2.75) is 488 Å². The van der Waals surface area contributed by atoms with Gasteiger partial charge in [0.1, 0.15) is 0 Å². The zero-order chi connectivity index (χ0) is 80.2. The van der Waals surface area contributed by atoms with E-state index in [-0.39, 0.29) is 93.8 Å². The Hall–Kier alpha value is 2.47. The fraction of sp³-hybridized carbons (Fsp3) is 0.952. The third-order valence-electron chi connectivity index (χ3n) is 22.8. The van der Waals surface area contributed by atoms with Crippen LogP contribution in [0.25, 0.3) is 21.3 Å². The number of nitrogens with zero attached hydrogens (tertiary/aromatic N) is 12. The first-order valence-electron chi connectivity index (χ1n) is 45.4. The van der Waals surface area contributed by atoms with Crippen LogP contribution in [0, 0.1) is 93.8 Å². The van der Waals surface area contributed by atoms with E-state index in [1.807, 2.05) is 0 Å². The van der Waals surface area contributed by atoms with Gasteiger partial charge >= 0.3 is 93.8 Å². The molecule has 26 heteroatoms. The number of aliphatic imine (C=N–C) groups is 4. The molecular weight excluding hydrogens is 1840 g/mol. The summed E-state index contributed by atoms with van der Waals surface area (Å²) in [6.07, 6.45) is 58.3. The molecule has 0 unspecified atom stereocenters. The first-order chi connectivity index (χ1) is 50.7. The zero-order valence-electron chi connectivity index (χ0n) is 76.1. The molecule has 2 radical (unpaired) electrons. The molecule has 0 aromatic heterocycles. The second kappa shape index (κ2) is 55.6. The molecule has 8 aliphatic carbocycles. The van der Waals surface area contributed by atoms with Crippen LogP contribution in [0.2, 0.25) is 157 Å². The minimum Gasteiger partial charge on any atom is -1.00 e. The van der Waals surface area contributed by atoms with Crippen LogP contribution in [-0.4, -0.2) is 181 Å². The van der Waals surface area contributed by atoms with Crippen LogP contribution in [0.15, 0.2) is 20.0 Å². The molecule has 14 nitrogen and oxygen atoms in total. The summed E-state index contributed by atoms with van der Waals surface area (Å²) in [4.78, 5) is 21.2. The normalized spacial score (nSPS) is 21.9. The van der Waals surface area contributed by atoms with Gasteiger partial charge < -0.3 is 91.0 Å². The van der Waals surface area contributed by atoms with Gasteiger partial charge in [0, 0.05) is 50.3 Å². The largest absolute Gasteiger partial charge is 3.00 e. The van der Waals surface area contributed by atoms with Gasteiger partial charge in [0.2, 0.25) is 0 Å². The van der Waals surface area contributed by atoms with Crippen molar-refractivity contribution in [1.82, 2.24) is 16.9 Å². The summed E-state index contributed by atoms with van der Waals surface area (Å²) in [7, 11) is -11.9. The molecule has 10 fully saturated rings. The van der Waals surface area contributed by atoms with Crippen LogP contribution in [0.1, 0.15) is 283 Å². The molecular formula is C84H176N12O2S2Si8Yb2. The summed E-state index contributed by atoms with van der Waals surface area (Å²) in [5.74, 6) is 4.64. The molecule has 2 aliphatic heterocycles. The Bertz CT molecular complexity index is 2100. The van der Waals surface area contributed by atoms with Gasteiger partial charge in [-0.15, -0.1) is 0 Å². The first-order valence-corrected chi connectivity index (χ1v) is 74.3. The molecule has 0 atom stereocenters. The smallest absolute Gasteiger partial charge is 1.00 e. The van der Waals surface area contributed by atoms with Crippen molar-refractivity contribution in [1.29, 1.82) is 0 Å². The van der Waals surface area contributed by atoms with E-state index in [2.05, 4.69) is 197 Å². The number of ether oxygens (including phenoxy) is 2. The van der Waals surface area contributed by atoms with E-state index in [4.69, 9.17) is 50.7 Å². The Balaban J connectivity index is 0.000000469. The van der Waals surface area contributed by atoms with Crippen molar-refractivity contribution >= 4 is 113 Å². The quantitative estimate of drug-likeness (QED) is 0.0490. The Labute approximate surface area is 779 Å². The summed E-state index contributed by atoms with van der Waals surface area (Å²) in [5.41, 5.74) is 0. The summed E-state index contributed by atoms with van der Waals surface area (Å²) >= 11 is 7.33. The summed E-state index contributed by atoms with van der Waals surface area (Å²) < 4.78 is 20.9. The Kier molecular flexibility index (Phi) is 54.8. The van der Waals surface area contributed by atoms with Gasteiger partial charge in [-0.2, -0.15) is 0 Å². The molecule has 10 aliphatic rings. The van der Waals surface area contributed by atoms with Crippen LogP contribution in [0.3, 0.4) is 0 Å².